The maximum Gasteiger partial charge on any atom is 0.253 e. The van der Waals surface area contributed by atoms with E-state index in [2.05, 4.69) is 67.1 Å². The predicted molar refractivity (Wildman–Crippen MR) is 174 cm³/mol. The van der Waals surface area contributed by atoms with Gasteiger partial charge < -0.3 is 14.0 Å². The molecule has 1 aliphatic rings. The Kier molecular flexibility index (Phi) is 8.25. The zero-order chi connectivity index (χ0) is 29.9. The standard InChI is InChI=1S/C36H35N3O3S/c1-24-9-10-25(2)28(19-24)21-38-22-35(31-7-5-6-8-33(31)38)43-23-36(40)39-34(27-13-17-30(42-4)18-14-27)20-32(37-39)26-11-15-29(41-3)16-12-26/h5-19,22,34H,20-21,23H2,1-4H3. The normalized spacial score (nSPS) is 14.7. The summed E-state index contributed by atoms with van der Waals surface area (Å²) in [6.07, 6.45) is 2.81. The van der Waals surface area contributed by atoms with Gasteiger partial charge in [0.2, 0.25) is 0 Å². The quantitative estimate of drug-likeness (QED) is 0.165. The van der Waals surface area contributed by atoms with Crippen molar-refractivity contribution in [1.82, 2.24) is 9.58 Å². The molecule has 0 fully saturated rings. The summed E-state index contributed by atoms with van der Waals surface area (Å²) < 4.78 is 13.0. The smallest absolute Gasteiger partial charge is 0.253 e. The highest BCUT2D eigenvalue weighted by Gasteiger charge is 2.33. The topological polar surface area (TPSA) is 56.1 Å². The largest absolute Gasteiger partial charge is 0.497 e. The van der Waals surface area contributed by atoms with E-state index in [9.17, 15) is 4.79 Å². The molecule has 1 aromatic heterocycles. The number of carbonyl (C=O) groups is 1. The van der Waals surface area contributed by atoms with Crippen molar-refractivity contribution in [2.24, 2.45) is 5.10 Å². The lowest BCUT2D eigenvalue weighted by Gasteiger charge is -2.22. The number of para-hydroxylation sites is 1. The Bertz CT molecular complexity index is 1790. The van der Waals surface area contributed by atoms with E-state index >= 15 is 0 Å². The molecular formula is C36H35N3O3S. The van der Waals surface area contributed by atoms with E-state index in [-0.39, 0.29) is 17.7 Å². The first kappa shape index (κ1) is 28.6. The van der Waals surface area contributed by atoms with Crippen LogP contribution in [0.3, 0.4) is 0 Å². The first-order chi connectivity index (χ1) is 20.9. The predicted octanol–water partition coefficient (Wildman–Crippen LogP) is 7.79. The van der Waals surface area contributed by atoms with Gasteiger partial charge in [-0.05, 0) is 78.6 Å². The molecule has 0 saturated heterocycles. The molecule has 5 aromatic rings. The molecule has 0 spiro atoms. The SMILES string of the molecule is COc1ccc(C2=NN(C(=O)CSc3cn(Cc4cc(C)ccc4C)c4ccccc34)C(c3ccc(OC)cc3)C2)cc1. The second-order valence-electron chi connectivity index (χ2n) is 10.9. The lowest BCUT2D eigenvalue weighted by molar-refractivity contribution is -0.130. The van der Waals surface area contributed by atoms with E-state index in [0.29, 0.717) is 6.42 Å². The number of aromatic nitrogens is 1. The molecule has 4 aromatic carbocycles. The van der Waals surface area contributed by atoms with Gasteiger partial charge in [0.15, 0.2) is 0 Å². The van der Waals surface area contributed by atoms with Crippen molar-refractivity contribution in [2.45, 2.75) is 37.8 Å². The first-order valence-electron chi connectivity index (χ1n) is 14.4. The van der Waals surface area contributed by atoms with E-state index < -0.39 is 0 Å². The average Bonchev–Trinajstić information content (AvgIpc) is 3.64. The number of hydrogen-bond donors (Lipinski definition) is 0. The minimum Gasteiger partial charge on any atom is -0.497 e. The van der Waals surface area contributed by atoms with Gasteiger partial charge in [-0.2, -0.15) is 5.10 Å². The molecule has 7 heteroatoms. The number of carbonyl (C=O) groups excluding carboxylic acids is 1. The van der Waals surface area contributed by atoms with Gasteiger partial charge >= 0.3 is 0 Å². The number of benzene rings is 4. The number of aryl methyl sites for hydroxylation is 2. The fourth-order valence-corrected chi connectivity index (χ4v) is 6.54. The molecule has 1 unspecified atom stereocenters. The third-order valence-corrected chi connectivity index (χ3v) is 9.07. The minimum atomic E-state index is -0.193. The van der Waals surface area contributed by atoms with E-state index in [1.54, 1.807) is 31.0 Å². The lowest BCUT2D eigenvalue weighted by atomic mass is 9.98. The van der Waals surface area contributed by atoms with Crippen LogP contribution in [0, 0.1) is 13.8 Å². The zero-order valence-corrected chi connectivity index (χ0v) is 25.7. The maximum absolute atomic E-state index is 13.9. The average molecular weight is 590 g/mol. The van der Waals surface area contributed by atoms with Crippen molar-refractivity contribution in [3.05, 3.63) is 125 Å². The van der Waals surface area contributed by atoms with Gasteiger partial charge in [0.1, 0.15) is 11.5 Å². The molecule has 6 rings (SSSR count). The summed E-state index contributed by atoms with van der Waals surface area (Å²) in [5, 5.41) is 7.70. The van der Waals surface area contributed by atoms with Gasteiger partial charge in [-0.1, -0.05) is 54.1 Å². The van der Waals surface area contributed by atoms with Gasteiger partial charge in [-0.25, -0.2) is 5.01 Å². The summed E-state index contributed by atoms with van der Waals surface area (Å²) in [6.45, 7) is 5.07. The van der Waals surface area contributed by atoms with Crippen molar-refractivity contribution in [2.75, 3.05) is 20.0 Å². The number of ether oxygens (including phenoxy) is 2. The number of amides is 1. The number of thioether (sulfide) groups is 1. The van der Waals surface area contributed by atoms with Gasteiger partial charge in [-0.3, -0.25) is 4.79 Å². The summed E-state index contributed by atoms with van der Waals surface area (Å²) in [5.74, 6) is 1.82. The van der Waals surface area contributed by atoms with Crippen LogP contribution in [0.25, 0.3) is 10.9 Å². The van der Waals surface area contributed by atoms with Crippen molar-refractivity contribution >= 4 is 34.3 Å². The summed E-state index contributed by atoms with van der Waals surface area (Å²) >= 11 is 1.57. The van der Waals surface area contributed by atoms with Crippen molar-refractivity contribution in [3.8, 4) is 11.5 Å². The molecule has 43 heavy (non-hydrogen) atoms. The molecule has 2 heterocycles. The molecule has 218 valence electrons. The summed E-state index contributed by atoms with van der Waals surface area (Å²) in [6, 6.07) is 30.6. The van der Waals surface area contributed by atoms with Crippen LogP contribution >= 0.6 is 11.8 Å². The number of fused-ring (bicyclic) bond motifs is 1. The number of methoxy groups -OCH3 is 2. The molecule has 0 N–H and O–H groups in total. The first-order valence-corrected chi connectivity index (χ1v) is 15.4. The molecule has 0 radical (unpaired) electrons. The van der Waals surface area contributed by atoms with Crippen LogP contribution in [0.4, 0.5) is 0 Å². The highest BCUT2D eigenvalue weighted by atomic mass is 32.2. The fourth-order valence-electron chi connectivity index (χ4n) is 5.60. The van der Waals surface area contributed by atoms with Gasteiger partial charge in [0.05, 0.1) is 31.7 Å². The van der Waals surface area contributed by atoms with Gasteiger partial charge in [-0.15, -0.1) is 11.8 Å². The van der Waals surface area contributed by atoms with E-state index in [1.807, 2.05) is 48.5 Å². The molecule has 1 aliphatic heterocycles. The van der Waals surface area contributed by atoms with E-state index in [0.717, 1.165) is 50.7 Å². The van der Waals surface area contributed by atoms with Crippen molar-refractivity contribution in [3.63, 3.8) is 0 Å². The number of nitrogens with zero attached hydrogens (tertiary/aromatic N) is 3. The van der Waals surface area contributed by atoms with Gasteiger partial charge in [0.25, 0.3) is 5.91 Å². The third-order valence-electron chi connectivity index (χ3n) is 8.04. The Balaban J connectivity index is 1.26. The maximum atomic E-state index is 13.9. The fraction of sp³-hybridized carbons (Fsp3) is 0.222. The summed E-state index contributed by atoms with van der Waals surface area (Å²) in [7, 11) is 3.31. The molecule has 0 bridgehead atoms. The Morgan fingerprint density at radius 3 is 2.33 bits per heavy atom. The molecular weight excluding hydrogens is 554 g/mol. The Labute approximate surface area is 256 Å². The Morgan fingerprint density at radius 2 is 1.60 bits per heavy atom. The minimum absolute atomic E-state index is 0.0271. The summed E-state index contributed by atoms with van der Waals surface area (Å²) in [4.78, 5) is 15.0. The van der Waals surface area contributed by atoms with E-state index in [1.165, 1.54) is 16.7 Å². The number of hydrazone groups is 1. The number of hydrogen-bond acceptors (Lipinski definition) is 5. The zero-order valence-electron chi connectivity index (χ0n) is 24.9. The highest BCUT2D eigenvalue weighted by molar-refractivity contribution is 8.00. The third kappa shape index (κ3) is 6.04. The lowest BCUT2D eigenvalue weighted by Crippen LogP contribution is -2.28. The van der Waals surface area contributed by atoms with Crippen LogP contribution in [-0.4, -0.2) is 41.2 Å². The van der Waals surface area contributed by atoms with Crippen LogP contribution in [0.15, 0.2) is 107 Å². The van der Waals surface area contributed by atoms with Gasteiger partial charge in [0, 0.05) is 35.0 Å². The monoisotopic (exact) mass is 589 g/mol. The number of rotatable bonds is 9. The van der Waals surface area contributed by atoms with Crippen LogP contribution in [0.5, 0.6) is 11.5 Å². The highest BCUT2D eigenvalue weighted by Crippen LogP contribution is 2.36. The van der Waals surface area contributed by atoms with Crippen LogP contribution in [-0.2, 0) is 11.3 Å². The molecule has 0 aliphatic carbocycles. The van der Waals surface area contributed by atoms with Crippen LogP contribution in [0.1, 0.15) is 40.3 Å². The molecule has 1 atom stereocenters. The van der Waals surface area contributed by atoms with Crippen molar-refractivity contribution < 1.29 is 14.3 Å². The van der Waals surface area contributed by atoms with Crippen LogP contribution in [0.2, 0.25) is 0 Å². The Morgan fingerprint density at radius 1 is 0.907 bits per heavy atom. The molecule has 1 amide bonds. The van der Waals surface area contributed by atoms with E-state index in [4.69, 9.17) is 14.6 Å². The molecule has 0 saturated carbocycles. The summed E-state index contributed by atoms with van der Waals surface area (Å²) in [5.41, 5.74) is 7.88. The molecule has 6 nitrogen and oxygen atoms in total. The van der Waals surface area contributed by atoms with Crippen molar-refractivity contribution in [1.29, 1.82) is 0 Å². The second-order valence-corrected chi connectivity index (χ2v) is 11.9. The van der Waals surface area contributed by atoms with Crippen LogP contribution < -0.4 is 9.47 Å². The second kappa shape index (κ2) is 12.4. The Hall–Kier alpha value is -4.49.